The van der Waals surface area contributed by atoms with Crippen molar-refractivity contribution >= 4 is 23.0 Å². The average molecular weight is 380 g/mol. The van der Waals surface area contributed by atoms with Gasteiger partial charge < -0.3 is 9.84 Å². The number of halogens is 1. The van der Waals surface area contributed by atoms with Gasteiger partial charge in [-0.2, -0.15) is 5.10 Å². The summed E-state index contributed by atoms with van der Waals surface area (Å²) in [6.45, 7) is 0. The van der Waals surface area contributed by atoms with Crippen LogP contribution < -0.4 is 4.74 Å². The van der Waals surface area contributed by atoms with E-state index in [9.17, 15) is 9.90 Å². The molecule has 2 aromatic heterocycles. The van der Waals surface area contributed by atoms with Crippen molar-refractivity contribution in [1.82, 2.24) is 14.6 Å². The van der Waals surface area contributed by atoms with E-state index in [1.807, 2.05) is 30.3 Å². The molecule has 0 aliphatic rings. The third-order valence-electron chi connectivity index (χ3n) is 4.16. The molecule has 7 heteroatoms. The lowest BCUT2D eigenvalue weighted by molar-refractivity contribution is 0.103. The number of phenolic OH excluding ortho intramolecular Hbond substituents is 1. The van der Waals surface area contributed by atoms with Crippen LogP contribution in [0.2, 0.25) is 5.02 Å². The monoisotopic (exact) mass is 379 g/mol. The molecule has 0 spiro atoms. The van der Waals surface area contributed by atoms with Gasteiger partial charge in [0.1, 0.15) is 11.5 Å². The lowest BCUT2D eigenvalue weighted by Crippen LogP contribution is -2.05. The van der Waals surface area contributed by atoms with Gasteiger partial charge in [0.05, 0.1) is 23.9 Å². The van der Waals surface area contributed by atoms with E-state index in [0.29, 0.717) is 16.2 Å². The first-order valence-corrected chi connectivity index (χ1v) is 8.46. The molecule has 0 unspecified atom stereocenters. The molecule has 2 aromatic carbocycles. The van der Waals surface area contributed by atoms with Crippen molar-refractivity contribution in [1.29, 1.82) is 0 Å². The molecular formula is C20H14ClN3O3. The van der Waals surface area contributed by atoms with E-state index in [1.54, 1.807) is 13.3 Å². The Morgan fingerprint density at radius 2 is 1.93 bits per heavy atom. The van der Waals surface area contributed by atoms with Crippen LogP contribution in [0.3, 0.4) is 0 Å². The molecule has 1 N–H and O–H groups in total. The molecule has 0 saturated carbocycles. The van der Waals surface area contributed by atoms with E-state index >= 15 is 0 Å². The number of phenols is 1. The van der Waals surface area contributed by atoms with Gasteiger partial charge in [-0.05, 0) is 42.5 Å². The minimum absolute atomic E-state index is 0.117. The van der Waals surface area contributed by atoms with Crippen LogP contribution in [0.5, 0.6) is 11.5 Å². The van der Waals surface area contributed by atoms with Crippen molar-refractivity contribution < 1.29 is 14.6 Å². The smallest absolute Gasteiger partial charge is 0.199 e. The van der Waals surface area contributed by atoms with E-state index in [2.05, 4.69) is 10.1 Å². The van der Waals surface area contributed by atoms with Crippen LogP contribution in [0.4, 0.5) is 0 Å². The highest BCUT2D eigenvalue weighted by Gasteiger charge is 2.16. The molecule has 0 atom stereocenters. The first-order valence-electron chi connectivity index (χ1n) is 8.08. The number of carbonyl (C=O) groups excluding carboxylic acids is 1. The molecule has 0 radical (unpaired) electrons. The van der Waals surface area contributed by atoms with E-state index in [0.717, 1.165) is 17.0 Å². The minimum atomic E-state index is -0.383. The van der Waals surface area contributed by atoms with Crippen LogP contribution in [-0.2, 0) is 0 Å². The number of aromatic hydroxyl groups is 1. The standard InChI is InChI=1S/C20H14ClN3O3/c1-27-15-5-2-12(3-6-15)17-9-19-22-10-13(11-24(19)23-17)20(26)16-8-14(21)4-7-18(16)25/h2-11,25H,1H3. The third kappa shape index (κ3) is 3.22. The molecule has 0 aliphatic carbocycles. The van der Waals surface area contributed by atoms with Gasteiger partial charge in [0.25, 0.3) is 0 Å². The van der Waals surface area contributed by atoms with E-state index < -0.39 is 0 Å². The van der Waals surface area contributed by atoms with E-state index in [1.165, 1.54) is 28.9 Å². The Kier molecular flexibility index (Phi) is 4.25. The highest BCUT2D eigenvalue weighted by Crippen LogP contribution is 2.25. The summed E-state index contributed by atoms with van der Waals surface area (Å²) in [5.41, 5.74) is 2.64. The van der Waals surface area contributed by atoms with E-state index in [4.69, 9.17) is 16.3 Å². The fourth-order valence-electron chi connectivity index (χ4n) is 2.74. The Labute approximate surface area is 159 Å². The first-order chi connectivity index (χ1) is 13.0. The Morgan fingerprint density at radius 3 is 2.67 bits per heavy atom. The second-order valence-corrected chi connectivity index (χ2v) is 6.33. The quantitative estimate of drug-likeness (QED) is 0.542. The molecule has 6 nitrogen and oxygen atoms in total. The molecule has 0 saturated heterocycles. The van der Waals surface area contributed by atoms with Crippen molar-refractivity contribution in [2.24, 2.45) is 0 Å². The molecule has 2 heterocycles. The largest absolute Gasteiger partial charge is 0.507 e. The molecule has 0 aliphatic heterocycles. The molecule has 4 aromatic rings. The van der Waals surface area contributed by atoms with Gasteiger partial charge in [0.2, 0.25) is 0 Å². The zero-order valence-electron chi connectivity index (χ0n) is 14.3. The predicted molar refractivity (Wildman–Crippen MR) is 102 cm³/mol. The van der Waals surface area contributed by atoms with Gasteiger partial charge >= 0.3 is 0 Å². The summed E-state index contributed by atoms with van der Waals surface area (Å²) in [7, 11) is 1.61. The number of ketones is 1. The summed E-state index contributed by atoms with van der Waals surface area (Å²) in [5, 5.41) is 14.8. The second kappa shape index (κ2) is 6.74. The molecular weight excluding hydrogens is 366 g/mol. The molecule has 0 bridgehead atoms. The molecule has 27 heavy (non-hydrogen) atoms. The first kappa shape index (κ1) is 17.1. The summed E-state index contributed by atoms with van der Waals surface area (Å²) in [6, 6.07) is 13.7. The van der Waals surface area contributed by atoms with E-state index in [-0.39, 0.29) is 17.1 Å². The van der Waals surface area contributed by atoms with Crippen molar-refractivity contribution in [2.75, 3.05) is 7.11 Å². The Morgan fingerprint density at radius 1 is 1.15 bits per heavy atom. The van der Waals surface area contributed by atoms with Crippen LogP contribution in [0, 0.1) is 0 Å². The van der Waals surface area contributed by atoms with Crippen LogP contribution in [-0.4, -0.2) is 32.6 Å². The molecule has 134 valence electrons. The fourth-order valence-corrected chi connectivity index (χ4v) is 2.91. The van der Waals surface area contributed by atoms with Crippen LogP contribution >= 0.6 is 11.6 Å². The zero-order valence-corrected chi connectivity index (χ0v) is 15.0. The number of aromatic nitrogens is 3. The predicted octanol–water partition coefficient (Wildman–Crippen LogP) is 3.99. The topological polar surface area (TPSA) is 76.7 Å². The maximum absolute atomic E-state index is 12.7. The number of benzene rings is 2. The summed E-state index contributed by atoms with van der Waals surface area (Å²) >= 11 is 5.93. The van der Waals surface area contributed by atoms with Gasteiger partial charge in [-0.15, -0.1) is 0 Å². The third-order valence-corrected chi connectivity index (χ3v) is 4.40. The summed E-state index contributed by atoms with van der Waals surface area (Å²) in [6.07, 6.45) is 3.04. The Balaban J connectivity index is 1.72. The molecule has 0 fully saturated rings. The summed E-state index contributed by atoms with van der Waals surface area (Å²) < 4.78 is 6.70. The van der Waals surface area contributed by atoms with Gasteiger partial charge in [-0.3, -0.25) is 4.79 Å². The van der Waals surface area contributed by atoms with Crippen molar-refractivity contribution in [2.45, 2.75) is 0 Å². The van der Waals surface area contributed by atoms with Crippen molar-refractivity contribution in [3.8, 4) is 22.8 Å². The SMILES string of the molecule is COc1ccc(-c2cc3ncc(C(=O)c4cc(Cl)ccc4O)cn3n2)cc1. The fraction of sp³-hybridized carbons (Fsp3) is 0.0500. The number of fused-ring (bicyclic) bond motifs is 1. The molecule has 4 rings (SSSR count). The number of rotatable bonds is 4. The lowest BCUT2D eigenvalue weighted by Gasteiger charge is -2.04. The average Bonchev–Trinajstić information content (AvgIpc) is 3.12. The zero-order chi connectivity index (χ0) is 19.0. The summed E-state index contributed by atoms with van der Waals surface area (Å²) in [4.78, 5) is 17.0. The number of nitrogens with zero attached hydrogens (tertiary/aromatic N) is 3. The summed E-state index contributed by atoms with van der Waals surface area (Å²) in [5.74, 6) is 0.240. The minimum Gasteiger partial charge on any atom is -0.507 e. The normalized spacial score (nSPS) is 10.9. The van der Waals surface area contributed by atoms with Gasteiger partial charge in [-0.25, -0.2) is 9.50 Å². The number of hydrogen-bond acceptors (Lipinski definition) is 5. The number of ether oxygens (including phenoxy) is 1. The Bertz CT molecular complexity index is 1150. The second-order valence-electron chi connectivity index (χ2n) is 5.89. The highest BCUT2D eigenvalue weighted by atomic mass is 35.5. The van der Waals surface area contributed by atoms with Gasteiger partial charge in [0, 0.05) is 29.0 Å². The Hall–Kier alpha value is -3.38. The number of carbonyl (C=O) groups is 1. The van der Waals surface area contributed by atoms with Crippen LogP contribution in [0.1, 0.15) is 15.9 Å². The maximum atomic E-state index is 12.7. The van der Waals surface area contributed by atoms with Crippen LogP contribution in [0.15, 0.2) is 60.9 Å². The lowest BCUT2D eigenvalue weighted by atomic mass is 10.1. The highest BCUT2D eigenvalue weighted by molar-refractivity contribution is 6.31. The van der Waals surface area contributed by atoms with Crippen molar-refractivity contribution in [3.63, 3.8) is 0 Å². The number of hydrogen-bond donors (Lipinski definition) is 1. The molecule has 0 amide bonds. The van der Waals surface area contributed by atoms with Gasteiger partial charge in [-0.1, -0.05) is 11.6 Å². The maximum Gasteiger partial charge on any atom is 0.199 e. The van der Waals surface area contributed by atoms with Gasteiger partial charge in [0.15, 0.2) is 11.4 Å². The number of methoxy groups -OCH3 is 1. The van der Waals surface area contributed by atoms with Crippen LogP contribution in [0.25, 0.3) is 16.9 Å². The van der Waals surface area contributed by atoms with Crippen molar-refractivity contribution in [3.05, 3.63) is 77.1 Å².